The molecule has 0 unspecified atom stereocenters. The maximum Gasteiger partial charge on any atom is 0.269 e. The fourth-order valence-electron chi connectivity index (χ4n) is 2.81. The van der Waals surface area contributed by atoms with Crippen molar-refractivity contribution < 1.29 is 14.4 Å². The highest BCUT2D eigenvalue weighted by molar-refractivity contribution is 14.1. The van der Waals surface area contributed by atoms with E-state index in [0.717, 1.165) is 19.2 Å². The van der Waals surface area contributed by atoms with Crippen LogP contribution in [0.1, 0.15) is 16.7 Å². The molecule has 3 rings (SSSR count). The maximum atomic E-state index is 10.8. The molecule has 0 saturated carbocycles. The van der Waals surface area contributed by atoms with Crippen molar-refractivity contribution in [1.82, 2.24) is 0 Å². The van der Waals surface area contributed by atoms with Crippen molar-refractivity contribution in [3.8, 4) is 17.6 Å². The van der Waals surface area contributed by atoms with Crippen molar-refractivity contribution in [3.05, 3.63) is 95.5 Å². The summed E-state index contributed by atoms with van der Waals surface area (Å²) < 4.78 is 13.3. The molecule has 0 radical (unpaired) electrons. The van der Waals surface area contributed by atoms with E-state index in [0.29, 0.717) is 29.2 Å². The number of halogens is 2. The molecule has 0 N–H and O–H groups in total. The largest absolute Gasteiger partial charge is 0.493 e. The number of rotatable bonds is 7. The highest BCUT2D eigenvalue weighted by atomic mass is 127. The summed E-state index contributed by atoms with van der Waals surface area (Å²) in [6, 6.07) is 19.6. The van der Waals surface area contributed by atoms with E-state index in [1.807, 2.05) is 30.3 Å². The fourth-order valence-corrected chi connectivity index (χ4v) is 3.85. The van der Waals surface area contributed by atoms with Gasteiger partial charge >= 0.3 is 0 Å². The van der Waals surface area contributed by atoms with Gasteiger partial charge in [0.05, 0.1) is 27.2 Å². The number of methoxy groups -OCH3 is 1. The highest BCUT2D eigenvalue weighted by Gasteiger charge is 2.13. The zero-order valence-corrected chi connectivity index (χ0v) is 20.1. The van der Waals surface area contributed by atoms with Crippen LogP contribution in [0.2, 0.25) is 0 Å². The summed E-state index contributed by atoms with van der Waals surface area (Å²) >= 11 is 5.58. The van der Waals surface area contributed by atoms with Crippen LogP contribution in [-0.4, -0.2) is 12.0 Å². The Labute approximate surface area is 201 Å². The summed E-state index contributed by atoms with van der Waals surface area (Å²) in [5, 5.41) is 20.4. The summed E-state index contributed by atoms with van der Waals surface area (Å²) in [6.45, 7) is 0.390. The Kier molecular flexibility index (Phi) is 7.65. The second-order valence-electron chi connectivity index (χ2n) is 6.42. The first-order chi connectivity index (χ1) is 14.9. The molecule has 0 bridgehead atoms. The third-order valence-corrected chi connectivity index (χ3v) is 5.70. The van der Waals surface area contributed by atoms with Crippen LogP contribution in [-0.2, 0) is 6.61 Å². The van der Waals surface area contributed by atoms with Gasteiger partial charge in [-0.2, -0.15) is 5.26 Å². The van der Waals surface area contributed by atoms with Crippen molar-refractivity contribution in [3.63, 3.8) is 0 Å². The van der Waals surface area contributed by atoms with E-state index in [1.165, 1.54) is 12.1 Å². The predicted molar refractivity (Wildman–Crippen MR) is 131 cm³/mol. The van der Waals surface area contributed by atoms with Crippen LogP contribution in [0.4, 0.5) is 5.69 Å². The number of nitriles is 1. The Hall–Kier alpha value is -2.90. The standard InChI is InChI=1S/C23H16BrIN2O4/c1-30-22-12-16(10-18(13-26)17-4-8-20(9-5-17)27(28)29)11-21(25)23(22)31-14-15-2-6-19(24)7-3-15/h2-12H,14H2,1H3/b18-10-. The van der Waals surface area contributed by atoms with Gasteiger partial charge in [-0.15, -0.1) is 0 Å². The minimum atomic E-state index is -0.472. The molecular formula is C23H16BrIN2O4. The van der Waals surface area contributed by atoms with Crippen LogP contribution in [0.3, 0.4) is 0 Å². The molecule has 156 valence electrons. The first-order valence-electron chi connectivity index (χ1n) is 9.02. The van der Waals surface area contributed by atoms with Crippen molar-refractivity contribution in [2.45, 2.75) is 6.61 Å². The molecule has 0 saturated heterocycles. The number of nitrogens with zero attached hydrogens (tertiary/aromatic N) is 2. The molecule has 0 aliphatic carbocycles. The summed E-state index contributed by atoms with van der Waals surface area (Å²) in [5.74, 6) is 1.17. The van der Waals surface area contributed by atoms with Crippen LogP contribution in [0.5, 0.6) is 11.5 Å². The van der Waals surface area contributed by atoms with Gasteiger partial charge in [0.2, 0.25) is 0 Å². The van der Waals surface area contributed by atoms with Gasteiger partial charge in [0.25, 0.3) is 5.69 Å². The molecule has 31 heavy (non-hydrogen) atoms. The van der Waals surface area contributed by atoms with Crippen LogP contribution >= 0.6 is 38.5 Å². The molecule has 0 fully saturated rings. The Morgan fingerprint density at radius 2 is 1.87 bits per heavy atom. The van der Waals surface area contributed by atoms with Gasteiger partial charge in [0, 0.05) is 16.6 Å². The summed E-state index contributed by atoms with van der Waals surface area (Å²) in [6.07, 6.45) is 1.71. The van der Waals surface area contributed by atoms with Gasteiger partial charge in [-0.1, -0.05) is 28.1 Å². The lowest BCUT2D eigenvalue weighted by Gasteiger charge is -2.14. The van der Waals surface area contributed by atoms with Crippen LogP contribution < -0.4 is 9.47 Å². The Morgan fingerprint density at radius 3 is 2.45 bits per heavy atom. The number of benzene rings is 3. The number of allylic oxidation sites excluding steroid dienone is 1. The molecule has 0 aliphatic heterocycles. The van der Waals surface area contributed by atoms with Gasteiger partial charge in [-0.25, -0.2) is 0 Å². The average molecular weight is 591 g/mol. The molecule has 0 heterocycles. The second-order valence-corrected chi connectivity index (χ2v) is 8.50. The molecule has 0 aromatic heterocycles. The van der Waals surface area contributed by atoms with Crippen LogP contribution in [0.25, 0.3) is 11.6 Å². The molecule has 3 aromatic carbocycles. The lowest BCUT2D eigenvalue weighted by atomic mass is 10.0. The predicted octanol–water partition coefficient (Wildman–Crippen LogP) is 6.61. The van der Waals surface area contributed by atoms with Gasteiger partial charge in [-0.05, 0) is 81.8 Å². The molecule has 6 nitrogen and oxygen atoms in total. The van der Waals surface area contributed by atoms with E-state index >= 15 is 0 Å². The minimum absolute atomic E-state index is 0.0236. The van der Waals surface area contributed by atoms with E-state index in [-0.39, 0.29) is 5.69 Å². The molecule has 0 aliphatic rings. The van der Waals surface area contributed by atoms with Crippen molar-refractivity contribution in [1.29, 1.82) is 5.26 Å². The molecule has 3 aromatic rings. The van der Waals surface area contributed by atoms with E-state index in [9.17, 15) is 15.4 Å². The first kappa shape index (κ1) is 22.8. The molecule has 8 heteroatoms. The van der Waals surface area contributed by atoms with Crippen molar-refractivity contribution in [2.75, 3.05) is 7.11 Å². The van der Waals surface area contributed by atoms with Gasteiger partial charge in [0.1, 0.15) is 6.61 Å². The van der Waals surface area contributed by atoms with E-state index < -0.39 is 4.92 Å². The van der Waals surface area contributed by atoms with Crippen molar-refractivity contribution >= 4 is 55.9 Å². The lowest BCUT2D eigenvalue weighted by Crippen LogP contribution is -2.00. The Morgan fingerprint density at radius 1 is 1.19 bits per heavy atom. The van der Waals surface area contributed by atoms with E-state index in [4.69, 9.17) is 9.47 Å². The number of hydrogen-bond acceptors (Lipinski definition) is 5. The number of ether oxygens (including phenoxy) is 2. The third-order valence-electron chi connectivity index (χ3n) is 4.37. The lowest BCUT2D eigenvalue weighted by molar-refractivity contribution is -0.384. The smallest absolute Gasteiger partial charge is 0.269 e. The quantitative estimate of drug-likeness (QED) is 0.102. The zero-order valence-electron chi connectivity index (χ0n) is 16.3. The number of nitro groups is 1. The first-order valence-corrected chi connectivity index (χ1v) is 10.9. The average Bonchev–Trinajstić information content (AvgIpc) is 2.77. The SMILES string of the molecule is COc1cc(/C=C(/C#N)c2ccc([N+](=O)[O-])cc2)cc(I)c1OCc1ccc(Br)cc1. The number of hydrogen-bond donors (Lipinski definition) is 0. The second kappa shape index (κ2) is 10.4. The molecule has 0 amide bonds. The minimum Gasteiger partial charge on any atom is -0.493 e. The van der Waals surface area contributed by atoms with E-state index in [2.05, 4.69) is 44.6 Å². The fraction of sp³-hybridized carbons (Fsp3) is 0.0870. The molecular weight excluding hydrogens is 575 g/mol. The maximum absolute atomic E-state index is 10.8. The summed E-state index contributed by atoms with van der Waals surface area (Å²) in [4.78, 5) is 10.4. The highest BCUT2D eigenvalue weighted by Crippen LogP contribution is 2.36. The Balaban J connectivity index is 1.87. The molecule has 0 atom stereocenters. The summed E-state index contributed by atoms with van der Waals surface area (Å²) in [5.41, 5.74) is 2.74. The normalized spacial score (nSPS) is 11.0. The zero-order chi connectivity index (χ0) is 22.4. The van der Waals surface area contributed by atoms with Gasteiger partial charge in [-0.3, -0.25) is 10.1 Å². The van der Waals surface area contributed by atoms with Gasteiger partial charge in [0.15, 0.2) is 11.5 Å². The monoisotopic (exact) mass is 590 g/mol. The van der Waals surface area contributed by atoms with Crippen LogP contribution in [0.15, 0.2) is 65.1 Å². The topological polar surface area (TPSA) is 85.4 Å². The molecule has 0 spiro atoms. The van der Waals surface area contributed by atoms with Crippen molar-refractivity contribution in [2.24, 2.45) is 0 Å². The third kappa shape index (κ3) is 5.83. The number of nitro benzene ring substituents is 1. The number of non-ortho nitro benzene ring substituents is 1. The van der Waals surface area contributed by atoms with E-state index in [1.54, 1.807) is 31.4 Å². The Bertz CT molecular complexity index is 1170. The van der Waals surface area contributed by atoms with Crippen LogP contribution in [0, 0.1) is 25.0 Å². The summed E-state index contributed by atoms with van der Waals surface area (Å²) in [7, 11) is 1.56. The van der Waals surface area contributed by atoms with Gasteiger partial charge < -0.3 is 9.47 Å².